The summed E-state index contributed by atoms with van der Waals surface area (Å²) in [4.78, 5) is 0. The first-order valence-corrected chi connectivity index (χ1v) is 8.24. The largest absolute Gasteiger partial charge is 0.316 e. The van der Waals surface area contributed by atoms with Gasteiger partial charge in [0.25, 0.3) is 10.0 Å². The number of hydrogen-bond donors (Lipinski definition) is 3. The van der Waals surface area contributed by atoms with Crippen LogP contribution >= 0.6 is 27.5 Å². The number of halogens is 2. The maximum Gasteiger partial charge on any atom is 0.279 e. The van der Waals surface area contributed by atoms with Gasteiger partial charge in [-0.05, 0) is 25.2 Å². The summed E-state index contributed by atoms with van der Waals surface area (Å²) in [6, 6.07) is 4.89. The van der Waals surface area contributed by atoms with Crippen LogP contribution in [0.1, 0.15) is 5.56 Å². The Labute approximate surface area is 130 Å². The van der Waals surface area contributed by atoms with E-state index in [2.05, 4.69) is 36.2 Å². The standard InChI is InChI=1S/C11H12BrClN4O2S/c1-14-5-7-6-15-16-11(7)20(18,19)17-10-3-2-8(12)4-9(10)13/h2-4,6,14,17H,5H2,1H3,(H,15,16). The van der Waals surface area contributed by atoms with Crippen LogP contribution in [0.25, 0.3) is 0 Å². The molecule has 0 radical (unpaired) electrons. The molecule has 0 aliphatic carbocycles. The van der Waals surface area contributed by atoms with E-state index in [1.54, 1.807) is 25.2 Å². The maximum atomic E-state index is 12.3. The molecule has 0 fully saturated rings. The Morgan fingerprint density at radius 1 is 1.45 bits per heavy atom. The third-order valence-corrected chi connectivity index (χ3v) is 4.68. The molecule has 1 aromatic carbocycles. The molecular weight excluding hydrogens is 368 g/mol. The molecule has 3 N–H and O–H groups in total. The van der Waals surface area contributed by atoms with Crippen molar-refractivity contribution in [3.8, 4) is 0 Å². The van der Waals surface area contributed by atoms with Crippen molar-refractivity contribution in [2.45, 2.75) is 11.6 Å². The highest BCUT2D eigenvalue weighted by Crippen LogP contribution is 2.27. The number of rotatable bonds is 5. The second kappa shape index (κ2) is 6.13. The van der Waals surface area contributed by atoms with Gasteiger partial charge in [-0.1, -0.05) is 27.5 Å². The molecule has 108 valence electrons. The molecule has 0 saturated carbocycles. The average Bonchev–Trinajstić information content (AvgIpc) is 2.82. The Morgan fingerprint density at radius 3 is 2.85 bits per heavy atom. The van der Waals surface area contributed by atoms with Gasteiger partial charge < -0.3 is 5.32 Å². The van der Waals surface area contributed by atoms with Crippen LogP contribution in [0.15, 0.2) is 33.9 Å². The summed E-state index contributed by atoms with van der Waals surface area (Å²) in [7, 11) is -2.04. The number of H-pyrrole nitrogens is 1. The van der Waals surface area contributed by atoms with E-state index in [9.17, 15) is 8.42 Å². The van der Waals surface area contributed by atoms with Gasteiger partial charge in [0.1, 0.15) is 0 Å². The lowest BCUT2D eigenvalue weighted by molar-refractivity contribution is 0.595. The molecule has 1 heterocycles. The van der Waals surface area contributed by atoms with Gasteiger partial charge in [-0.3, -0.25) is 9.82 Å². The first-order valence-electron chi connectivity index (χ1n) is 5.59. The third-order valence-electron chi connectivity index (χ3n) is 2.49. The van der Waals surface area contributed by atoms with Crippen LogP contribution < -0.4 is 10.0 Å². The highest BCUT2D eigenvalue weighted by Gasteiger charge is 2.21. The Bertz CT molecular complexity index is 717. The van der Waals surface area contributed by atoms with Gasteiger partial charge >= 0.3 is 0 Å². The third kappa shape index (κ3) is 3.32. The molecule has 6 nitrogen and oxygen atoms in total. The molecule has 2 aromatic rings. The number of sulfonamides is 1. The van der Waals surface area contributed by atoms with Gasteiger partial charge in [0.2, 0.25) is 0 Å². The van der Waals surface area contributed by atoms with E-state index in [-0.39, 0.29) is 5.03 Å². The van der Waals surface area contributed by atoms with Gasteiger partial charge in [0.05, 0.1) is 16.9 Å². The number of nitrogens with zero attached hydrogens (tertiary/aromatic N) is 1. The number of aromatic nitrogens is 2. The van der Waals surface area contributed by atoms with E-state index in [1.165, 1.54) is 6.20 Å². The van der Waals surface area contributed by atoms with Gasteiger partial charge in [-0.25, -0.2) is 0 Å². The van der Waals surface area contributed by atoms with E-state index in [0.29, 0.717) is 22.8 Å². The molecule has 0 bridgehead atoms. The van der Waals surface area contributed by atoms with E-state index < -0.39 is 10.0 Å². The number of anilines is 1. The van der Waals surface area contributed by atoms with Crippen molar-refractivity contribution in [3.63, 3.8) is 0 Å². The molecule has 0 atom stereocenters. The van der Waals surface area contributed by atoms with Crippen LogP contribution in [0.2, 0.25) is 5.02 Å². The zero-order valence-electron chi connectivity index (χ0n) is 10.4. The summed E-state index contributed by atoms with van der Waals surface area (Å²) in [5.74, 6) is 0. The average molecular weight is 380 g/mol. The van der Waals surface area contributed by atoms with Gasteiger partial charge in [0.15, 0.2) is 5.03 Å². The molecule has 0 saturated heterocycles. The molecular formula is C11H12BrClN4O2S. The van der Waals surface area contributed by atoms with Crippen LogP contribution in [-0.2, 0) is 16.6 Å². The summed E-state index contributed by atoms with van der Waals surface area (Å²) >= 11 is 9.26. The second-order valence-electron chi connectivity index (χ2n) is 3.98. The lowest BCUT2D eigenvalue weighted by atomic mass is 10.3. The molecule has 0 unspecified atom stereocenters. The summed E-state index contributed by atoms with van der Waals surface area (Å²) in [5, 5.41) is 9.45. The lowest BCUT2D eigenvalue weighted by Crippen LogP contribution is -2.17. The molecule has 9 heteroatoms. The zero-order valence-corrected chi connectivity index (χ0v) is 13.6. The highest BCUT2D eigenvalue weighted by atomic mass is 79.9. The molecule has 1 aromatic heterocycles. The van der Waals surface area contributed by atoms with E-state index in [4.69, 9.17) is 11.6 Å². The van der Waals surface area contributed by atoms with Crippen LogP contribution in [0.3, 0.4) is 0 Å². The normalized spacial score (nSPS) is 11.6. The molecule has 0 aliphatic rings. The fourth-order valence-electron chi connectivity index (χ4n) is 1.62. The maximum absolute atomic E-state index is 12.3. The van der Waals surface area contributed by atoms with Crippen molar-refractivity contribution in [1.82, 2.24) is 15.5 Å². The Kier molecular flexibility index (Phi) is 4.69. The van der Waals surface area contributed by atoms with Crippen molar-refractivity contribution in [2.24, 2.45) is 0 Å². The van der Waals surface area contributed by atoms with Gasteiger partial charge in [-0.15, -0.1) is 0 Å². The Morgan fingerprint density at radius 2 is 2.20 bits per heavy atom. The van der Waals surface area contributed by atoms with Crippen molar-refractivity contribution < 1.29 is 8.42 Å². The number of benzene rings is 1. The van der Waals surface area contributed by atoms with Crippen molar-refractivity contribution in [3.05, 3.63) is 39.5 Å². The van der Waals surface area contributed by atoms with Crippen LogP contribution in [0, 0.1) is 0 Å². The second-order valence-corrected chi connectivity index (χ2v) is 6.93. The topological polar surface area (TPSA) is 86.9 Å². The Hall–Kier alpha value is -1.09. The van der Waals surface area contributed by atoms with E-state index in [1.807, 2.05) is 0 Å². The first-order chi connectivity index (χ1) is 9.44. The predicted molar refractivity (Wildman–Crippen MR) is 81.3 cm³/mol. The molecule has 20 heavy (non-hydrogen) atoms. The van der Waals surface area contributed by atoms with Crippen molar-refractivity contribution in [2.75, 3.05) is 11.8 Å². The minimum atomic E-state index is -3.77. The fourth-order valence-corrected chi connectivity index (χ4v) is 3.61. The number of nitrogens with one attached hydrogen (secondary N) is 3. The number of aromatic amines is 1. The monoisotopic (exact) mass is 378 g/mol. The predicted octanol–water partition coefficient (Wildman–Crippen LogP) is 2.35. The minimum absolute atomic E-state index is 0.0193. The first kappa shape index (κ1) is 15.3. The quantitative estimate of drug-likeness (QED) is 0.744. The molecule has 0 amide bonds. The summed E-state index contributed by atoms with van der Waals surface area (Å²) in [6.45, 7) is 0.390. The summed E-state index contributed by atoms with van der Waals surface area (Å²) < 4.78 is 27.8. The van der Waals surface area contributed by atoms with Crippen LogP contribution in [-0.4, -0.2) is 25.7 Å². The van der Waals surface area contributed by atoms with Crippen LogP contribution in [0.4, 0.5) is 5.69 Å². The SMILES string of the molecule is CNCc1cn[nH]c1S(=O)(=O)Nc1ccc(Br)cc1Cl. The van der Waals surface area contributed by atoms with Crippen LogP contribution in [0.5, 0.6) is 0 Å². The van der Waals surface area contributed by atoms with Crippen molar-refractivity contribution >= 4 is 43.2 Å². The summed E-state index contributed by atoms with van der Waals surface area (Å²) in [6.07, 6.45) is 1.47. The highest BCUT2D eigenvalue weighted by molar-refractivity contribution is 9.10. The fraction of sp³-hybridized carbons (Fsp3) is 0.182. The molecule has 0 spiro atoms. The smallest absolute Gasteiger partial charge is 0.279 e. The zero-order chi connectivity index (χ0) is 14.8. The molecule has 0 aliphatic heterocycles. The van der Waals surface area contributed by atoms with Gasteiger partial charge in [0, 0.05) is 16.6 Å². The number of hydrogen-bond acceptors (Lipinski definition) is 4. The Balaban J connectivity index is 2.33. The van der Waals surface area contributed by atoms with Crippen molar-refractivity contribution in [1.29, 1.82) is 0 Å². The summed E-state index contributed by atoms with van der Waals surface area (Å²) in [5.41, 5.74) is 0.855. The minimum Gasteiger partial charge on any atom is -0.316 e. The molecule has 2 rings (SSSR count). The van der Waals surface area contributed by atoms with E-state index >= 15 is 0 Å². The lowest BCUT2D eigenvalue weighted by Gasteiger charge is -2.10. The van der Waals surface area contributed by atoms with Gasteiger partial charge in [-0.2, -0.15) is 13.5 Å². The van der Waals surface area contributed by atoms with E-state index in [0.717, 1.165) is 4.47 Å².